The maximum Gasteiger partial charge on any atom is 0.319 e. The van der Waals surface area contributed by atoms with Crippen LogP contribution in [-0.2, 0) is 0 Å². The first-order valence-corrected chi connectivity index (χ1v) is 8.38. The molecule has 0 radical (unpaired) electrons. The molecule has 0 aliphatic carbocycles. The van der Waals surface area contributed by atoms with Crippen molar-refractivity contribution in [2.45, 2.75) is 19.9 Å². The van der Waals surface area contributed by atoms with Crippen LogP contribution in [0.4, 0.5) is 10.5 Å². The second-order valence-electron chi connectivity index (χ2n) is 6.21. The molecular weight excluding hydrogens is 344 g/mol. The lowest BCUT2D eigenvalue weighted by molar-refractivity contribution is 0.236. The molecule has 0 spiro atoms. The van der Waals surface area contributed by atoms with Crippen LogP contribution >= 0.6 is 0 Å². The highest BCUT2D eigenvalue weighted by Gasteiger charge is 2.25. The zero-order valence-electron chi connectivity index (χ0n) is 14.9. The maximum atomic E-state index is 12.4. The number of urea groups is 1. The van der Waals surface area contributed by atoms with Gasteiger partial charge in [-0.05, 0) is 36.2 Å². The summed E-state index contributed by atoms with van der Waals surface area (Å²) in [6, 6.07) is 11.4. The Hall–Kier alpha value is -3.73. The van der Waals surface area contributed by atoms with Crippen molar-refractivity contribution < 1.29 is 9.32 Å². The molecule has 0 aliphatic heterocycles. The van der Waals surface area contributed by atoms with Crippen LogP contribution in [0.15, 0.2) is 53.3 Å². The van der Waals surface area contributed by atoms with Crippen LogP contribution in [-0.4, -0.2) is 21.2 Å². The number of carbonyl (C=O) groups excluding carboxylic acids is 1. The highest BCUT2D eigenvalue weighted by atomic mass is 16.5. The van der Waals surface area contributed by atoms with E-state index in [-0.39, 0.29) is 5.92 Å². The Bertz CT molecular complexity index is 962. The molecule has 2 N–H and O–H groups in total. The highest BCUT2D eigenvalue weighted by Crippen LogP contribution is 2.23. The molecule has 27 heavy (non-hydrogen) atoms. The summed E-state index contributed by atoms with van der Waals surface area (Å²) in [6.45, 7) is 3.88. The van der Waals surface area contributed by atoms with Crippen LogP contribution in [0.2, 0.25) is 0 Å². The standard InChI is InChI=1S/C19H18N6O2/c1-12(2)16(18-24-17(25-27-18)14-6-4-8-21-11-14)23-19(26)22-15-7-3-5-13(9-15)10-20/h3-9,11-12,16H,1-2H3,(H2,22,23,26). The summed E-state index contributed by atoms with van der Waals surface area (Å²) in [4.78, 5) is 20.8. The van der Waals surface area contributed by atoms with Crippen molar-refractivity contribution >= 4 is 11.7 Å². The first-order valence-electron chi connectivity index (χ1n) is 8.38. The predicted octanol–water partition coefficient (Wildman–Crippen LogP) is 3.52. The third-order valence-corrected chi connectivity index (χ3v) is 3.83. The van der Waals surface area contributed by atoms with Crippen molar-refractivity contribution in [2.24, 2.45) is 5.92 Å². The average molecular weight is 362 g/mol. The van der Waals surface area contributed by atoms with E-state index in [1.54, 1.807) is 42.7 Å². The minimum absolute atomic E-state index is 0.0170. The van der Waals surface area contributed by atoms with Crippen molar-refractivity contribution in [3.05, 3.63) is 60.2 Å². The summed E-state index contributed by atoms with van der Waals surface area (Å²) in [5.41, 5.74) is 1.72. The van der Waals surface area contributed by atoms with Gasteiger partial charge in [0.2, 0.25) is 11.7 Å². The molecule has 0 fully saturated rings. The van der Waals surface area contributed by atoms with Crippen LogP contribution in [0.5, 0.6) is 0 Å². The van der Waals surface area contributed by atoms with Crippen LogP contribution in [0, 0.1) is 17.2 Å². The second kappa shape index (κ2) is 8.10. The fraction of sp³-hybridized carbons (Fsp3) is 0.211. The molecule has 2 amide bonds. The van der Waals surface area contributed by atoms with Gasteiger partial charge in [0.15, 0.2) is 0 Å². The number of amides is 2. The third-order valence-electron chi connectivity index (χ3n) is 3.83. The SMILES string of the molecule is CC(C)C(NC(=O)Nc1cccc(C#N)c1)c1nc(-c2cccnc2)no1. The predicted molar refractivity (Wildman–Crippen MR) is 98.4 cm³/mol. The Morgan fingerprint density at radius 1 is 1.26 bits per heavy atom. The van der Waals surface area contributed by atoms with Gasteiger partial charge >= 0.3 is 6.03 Å². The van der Waals surface area contributed by atoms with E-state index in [1.165, 1.54) is 0 Å². The number of rotatable bonds is 5. The van der Waals surface area contributed by atoms with Gasteiger partial charge < -0.3 is 15.2 Å². The number of hydrogen-bond acceptors (Lipinski definition) is 6. The minimum Gasteiger partial charge on any atom is -0.337 e. The molecule has 0 saturated carbocycles. The molecule has 2 heterocycles. The van der Waals surface area contributed by atoms with E-state index in [1.807, 2.05) is 26.0 Å². The maximum absolute atomic E-state index is 12.4. The summed E-state index contributed by atoms with van der Waals surface area (Å²) < 4.78 is 5.36. The van der Waals surface area contributed by atoms with Gasteiger partial charge in [-0.25, -0.2) is 4.79 Å². The van der Waals surface area contributed by atoms with Gasteiger partial charge in [0.25, 0.3) is 0 Å². The largest absolute Gasteiger partial charge is 0.337 e. The molecular formula is C19H18N6O2. The van der Waals surface area contributed by atoms with E-state index in [9.17, 15) is 4.79 Å². The number of nitriles is 1. The quantitative estimate of drug-likeness (QED) is 0.717. The van der Waals surface area contributed by atoms with Crippen molar-refractivity contribution in [3.63, 3.8) is 0 Å². The zero-order valence-corrected chi connectivity index (χ0v) is 14.9. The third kappa shape index (κ3) is 4.46. The van der Waals surface area contributed by atoms with Gasteiger partial charge in [0, 0.05) is 23.6 Å². The monoisotopic (exact) mass is 362 g/mol. The number of hydrogen-bond donors (Lipinski definition) is 2. The van der Waals surface area contributed by atoms with E-state index >= 15 is 0 Å². The summed E-state index contributed by atoms with van der Waals surface area (Å²) in [7, 11) is 0. The number of aromatic nitrogens is 3. The number of benzene rings is 1. The molecule has 136 valence electrons. The lowest BCUT2D eigenvalue weighted by Gasteiger charge is -2.18. The van der Waals surface area contributed by atoms with E-state index < -0.39 is 12.1 Å². The number of anilines is 1. The van der Waals surface area contributed by atoms with E-state index in [0.717, 1.165) is 5.56 Å². The Morgan fingerprint density at radius 3 is 2.81 bits per heavy atom. The fourth-order valence-electron chi connectivity index (χ4n) is 2.46. The minimum atomic E-state index is -0.470. The lowest BCUT2D eigenvalue weighted by atomic mass is 10.0. The summed E-state index contributed by atoms with van der Waals surface area (Å²) in [6.07, 6.45) is 3.30. The number of pyridine rings is 1. The van der Waals surface area contributed by atoms with Gasteiger partial charge in [-0.15, -0.1) is 0 Å². The van der Waals surface area contributed by atoms with Gasteiger partial charge in [-0.1, -0.05) is 25.1 Å². The number of nitrogens with zero attached hydrogens (tertiary/aromatic N) is 4. The molecule has 0 aliphatic rings. The molecule has 2 aromatic heterocycles. The van der Waals surface area contributed by atoms with E-state index in [0.29, 0.717) is 23.0 Å². The molecule has 1 atom stereocenters. The van der Waals surface area contributed by atoms with E-state index in [2.05, 4.69) is 25.8 Å². The molecule has 8 heteroatoms. The molecule has 3 aromatic rings. The van der Waals surface area contributed by atoms with Crippen LogP contribution in [0.3, 0.4) is 0 Å². The van der Waals surface area contributed by atoms with Gasteiger partial charge in [-0.3, -0.25) is 4.98 Å². The number of nitrogens with one attached hydrogen (secondary N) is 2. The summed E-state index contributed by atoms with van der Waals surface area (Å²) >= 11 is 0. The molecule has 0 bridgehead atoms. The molecule has 1 aromatic carbocycles. The van der Waals surface area contributed by atoms with Crippen molar-refractivity contribution in [2.75, 3.05) is 5.32 Å². The van der Waals surface area contributed by atoms with Crippen molar-refractivity contribution in [1.29, 1.82) is 5.26 Å². The topological polar surface area (TPSA) is 117 Å². The molecule has 8 nitrogen and oxygen atoms in total. The van der Waals surface area contributed by atoms with Crippen molar-refractivity contribution in [1.82, 2.24) is 20.4 Å². The highest BCUT2D eigenvalue weighted by molar-refractivity contribution is 5.89. The Morgan fingerprint density at radius 2 is 2.11 bits per heavy atom. The van der Waals surface area contributed by atoms with Gasteiger partial charge in [0.1, 0.15) is 6.04 Å². The average Bonchev–Trinajstić information content (AvgIpc) is 3.16. The summed E-state index contributed by atoms with van der Waals surface area (Å²) in [5, 5.41) is 18.5. The van der Waals surface area contributed by atoms with Crippen LogP contribution < -0.4 is 10.6 Å². The fourth-order valence-corrected chi connectivity index (χ4v) is 2.46. The lowest BCUT2D eigenvalue weighted by Crippen LogP contribution is -2.35. The molecule has 1 unspecified atom stereocenters. The van der Waals surface area contributed by atoms with Crippen LogP contribution in [0.1, 0.15) is 31.3 Å². The summed E-state index contributed by atoms with van der Waals surface area (Å²) in [5.74, 6) is 0.737. The Balaban J connectivity index is 1.73. The van der Waals surface area contributed by atoms with Gasteiger partial charge in [-0.2, -0.15) is 10.2 Å². The van der Waals surface area contributed by atoms with Crippen molar-refractivity contribution in [3.8, 4) is 17.5 Å². The second-order valence-corrected chi connectivity index (χ2v) is 6.21. The first kappa shape index (κ1) is 18.1. The first-order chi connectivity index (χ1) is 13.1. The number of carbonyl (C=O) groups is 1. The van der Waals surface area contributed by atoms with E-state index in [4.69, 9.17) is 9.78 Å². The van der Waals surface area contributed by atoms with Crippen LogP contribution in [0.25, 0.3) is 11.4 Å². The zero-order chi connectivity index (χ0) is 19.2. The normalized spacial score (nSPS) is 11.6. The Kier molecular flexibility index (Phi) is 5.42. The molecule has 0 saturated heterocycles. The Labute approximate surface area is 156 Å². The molecule has 3 rings (SSSR count). The smallest absolute Gasteiger partial charge is 0.319 e. The van der Waals surface area contributed by atoms with Gasteiger partial charge in [0.05, 0.1) is 11.6 Å².